The maximum atomic E-state index is 12.2. The molecule has 1 aliphatic heterocycles. The summed E-state index contributed by atoms with van der Waals surface area (Å²) in [6.45, 7) is 7.97. The number of nitrogens with zero attached hydrogens (tertiary/aromatic N) is 3. The van der Waals surface area contributed by atoms with Crippen molar-refractivity contribution in [3.63, 3.8) is 0 Å². The number of sulfone groups is 1. The van der Waals surface area contributed by atoms with Crippen molar-refractivity contribution in [2.45, 2.75) is 31.6 Å². The van der Waals surface area contributed by atoms with Crippen LogP contribution in [0.1, 0.15) is 32.4 Å². The van der Waals surface area contributed by atoms with Gasteiger partial charge in [-0.1, -0.05) is 0 Å². The summed E-state index contributed by atoms with van der Waals surface area (Å²) < 4.78 is 23.7. The molecule has 0 aromatic carbocycles. The molecule has 0 aliphatic carbocycles. The van der Waals surface area contributed by atoms with Crippen molar-refractivity contribution in [2.24, 2.45) is 4.99 Å². The van der Waals surface area contributed by atoms with E-state index in [1.54, 1.807) is 25.2 Å². The van der Waals surface area contributed by atoms with Crippen molar-refractivity contribution in [1.29, 1.82) is 0 Å². The highest BCUT2D eigenvalue weighted by Crippen LogP contribution is 2.24. The average molecular weight is 387 g/mol. The van der Waals surface area contributed by atoms with E-state index in [2.05, 4.69) is 46.0 Å². The molecule has 1 atom stereocenters. The molecule has 1 unspecified atom stereocenters. The van der Waals surface area contributed by atoms with Crippen molar-refractivity contribution in [3.05, 3.63) is 22.4 Å². The third kappa shape index (κ3) is 4.74. The van der Waals surface area contributed by atoms with E-state index in [-0.39, 0.29) is 11.8 Å². The van der Waals surface area contributed by atoms with Gasteiger partial charge in [0.2, 0.25) is 0 Å². The molecule has 1 saturated heterocycles. The Balaban J connectivity index is 2.18. The van der Waals surface area contributed by atoms with Gasteiger partial charge in [-0.3, -0.25) is 4.99 Å². The van der Waals surface area contributed by atoms with Gasteiger partial charge in [-0.25, -0.2) is 8.42 Å². The molecule has 0 bridgehead atoms. The van der Waals surface area contributed by atoms with E-state index in [4.69, 9.17) is 4.99 Å². The van der Waals surface area contributed by atoms with Crippen molar-refractivity contribution in [2.75, 3.05) is 46.0 Å². The Labute approximate surface area is 155 Å². The molecule has 0 amide bonds. The Hall–Kier alpha value is -1.12. The van der Waals surface area contributed by atoms with E-state index >= 15 is 0 Å². The molecular weight excluding hydrogens is 356 g/mol. The van der Waals surface area contributed by atoms with E-state index in [1.807, 2.05) is 6.92 Å². The molecule has 2 heterocycles. The zero-order valence-electron chi connectivity index (χ0n) is 15.8. The highest BCUT2D eigenvalue weighted by Gasteiger charge is 2.41. The number of hydrogen-bond donors (Lipinski definition) is 1. The first-order valence-corrected chi connectivity index (χ1v) is 11.2. The van der Waals surface area contributed by atoms with Crippen LogP contribution in [0.2, 0.25) is 0 Å². The summed E-state index contributed by atoms with van der Waals surface area (Å²) in [5.41, 5.74) is 1.26. The maximum Gasteiger partial charge on any atom is 0.194 e. The van der Waals surface area contributed by atoms with E-state index < -0.39 is 14.6 Å². The van der Waals surface area contributed by atoms with Crippen LogP contribution in [0.25, 0.3) is 0 Å². The van der Waals surface area contributed by atoms with Crippen LogP contribution < -0.4 is 5.32 Å². The van der Waals surface area contributed by atoms with Gasteiger partial charge in [0.1, 0.15) is 0 Å². The molecule has 2 rings (SSSR count). The van der Waals surface area contributed by atoms with Crippen LogP contribution in [0, 0.1) is 0 Å². The van der Waals surface area contributed by atoms with Gasteiger partial charge in [0, 0.05) is 19.6 Å². The standard InChI is InChI=1S/C17H30N4O2S2/c1-6-18-16(21-8-10-25(22,23)17(2,3)13-21)19-11-15(20(4)5)14-7-9-24-12-14/h7,9,12,15H,6,8,10-11,13H2,1-5H3,(H,18,19). The Morgan fingerprint density at radius 1 is 1.48 bits per heavy atom. The van der Waals surface area contributed by atoms with Crippen molar-refractivity contribution in [3.8, 4) is 0 Å². The number of rotatable bonds is 5. The predicted molar refractivity (Wildman–Crippen MR) is 106 cm³/mol. The van der Waals surface area contributed by atoms with Crippen molar-refractivity contribution >= 4 is 27.1 Å². The van der Waals surface area contributed by atoms with Crippen LogP contribution in [-0.4, -0.2) is 75.0 Å². The number of hydrogen-bond acceptors (Lipinski definition) is 5. The van der Waals surface area contributed by atoms with Gasteiger partial charge in [-0.2, -0.15) is 11.3 Å². The summed E-state index contributed by atoms with van der Waals surface area (Å²) in [7, 11) is 1.06. The molecule has 25 heavy (non-hydrogen) atoms. The molecule has 1 aromatic heterocycles. The van der Waals surface area contributed by atoms with E-state index in [0.717, 1.165) is 12.5 Å². The van der Waals surface area contributed by atoms with Crippen LogP contribution in [0.5, 0.6) is 0 Å². The van der Waals surface area contributed by atoms with E-state index in [1.165, 1.54) is 5.56 Å². The minimum atomic E-state index is -3.05. The fourth-order valence-electron chi connectivity index (χ4n) is 2.95. The fraction of sp³-hybridized carbons (Fsp3) is 0.706. The summed E-state index contributed by atoms with van der Waals surface area (Å²) >= 11 is 1.69. The van der Waals surface area contributed by atoms with Crippen molar-refractivity contribution in [1.82, 2.24) is 15.1 Å². The predicted octanol–water partition coefficient (Wildman–Crippen LogP) is 1.83. The topological polar surface area (TPSA) is 65.0 Å². The number of aliphatic imine (C=N–C) groups is 1. The fourth-order valence-corrected chi connectivity index (χ4v) is 5.03. The Morgan fingerprint density at radius 2 is 2.20 bits per heavy atom. The quantitative estimate of drug-likeness (QED) is 0.618. The first kappa shape index (κ1) is 20.2. The Kier molecular flexibility index (Phi) is 6.51. The summed E-state index contributed by atoms with van der Waals surface area (Å²) in [6.07, 6.45) is 0. The molecule has 1 fully saturated rings. The third-order valence-electron chi connectivity index (χ3n) is 4.64. The number of nitrogens with one attached hydrogen (secondary N) is 1. The molecule has 0 saturated carbocycles. The normalized spacial score (nSPS) is 21.4. The lowest BCUT2D eigenvalue weighted by molar-refractivity contribution is 0.303. The minimum Gasteiger partial charge on any atom is -0.357 e. The zero-order valence-corrected chi connectivity index (χ0v) is 17.5. The molecule has 1 aliphatic rings. The van der Waals surface area contributed by atoms with Gasteiger partial charge in [-0.15, -0.1) is 0 Å². The molecule has 0 radical (unpaired) electrons. The van der Waals surface area contributed by atoms with Gasteiger partial charge >= 0.3 is 0 Å². The second-order valence-electron chi connectivity index (χ2n) is 7.23. The van der Waals surface area contributed by atoms with E-state index in [0.29, 0.717) is 19.6 Å². The van der Waals surface area contributed by atoms with E-state index in [9.17, 15) is 8.42 Å². The lowest BCUT2D eigenvalue weighted by atomic mass is 10.1. The number of guanidine groups is 1. The minimum absolute atomic E-state index is 0.173. The summed E-state index contributed by atoms with van der Waals surface area (Å²) in [6, 6.07) is 2.34. The first-order chi connectivity index (χ1) is 11.7. The Morgan fingerprint density at radius 3 is 2.72 bits per heavy atom. The summed E-state index contributed by atoms with van der Waals surface area (Å²) in [5, 5.41) is 7.56. The van der Waals surface area contributed by atoms with Gasteiger partial charge in [0.25, 0.3) is 0 Å². The monoisotopic (exact) mass is 386 g/mol. The van der Waals surface area contributed by atoms with Crippen LogP contribution in [-0.2, 0) is 9.84 Å². The third-order valence-corrected chi connectivity index (χ3v) is 7.88. The first-order valence-electron chi connectivity index (χ1n) is 8.62. The van der Waals surface area contributed by atoms with Gasteiger partial charge in [0.05, 0.1) is 23.1 Å². The molecular formula is C17H30N4O2S2. The molecule has 1 N–H and O–H groups in total. The Bertz CT molecular complexity index is 682. The van der Waals surface area contributed by atoms with Crippen LogP contribution in [0.3, 0.4) is 0 Å². The molecule has 1 aromatic rings. The summed E-state index contributed by atoms with van der Waals surface area (Å²) in [4.78, 5) is 9.07. The lowest BCUT2D eigenvalue weighted by Crippen LogP contribution is -2.57. The van der Waals surface area contributed by atoms with Gasteiger partial charge in [-0.05, 0) is 57.3 Å². The average Bonchev–Trinajstić information content (AvgIpc) is 3.03. The molecule has 142 valence electrons. The number of thiophene rings is 1. The highest BCUT2D eigenvalue weighted by atomic mass is 32.2. The summed E-state index contributed by atoms with van der Waals surface area (Å²) in [5.74, 6) is 0.971. The lowest BCUT2D eigenvalue weighted by Gasteiger charge is -2.39. The smallest absolute Gasteiger partial charge is 0.194 e. The van der Waals surface area contributed by atoms with Gasteiger partial charge < -0.3 is 15.1 Å². The molecule has 6 nitrogen and oxygen atoms in total. The van der Waals surface area contributed by atoms with Crippen LogP contribution >= 0.6 is 11.3 Å². The van der Waals surface area contributed by atoms with Crippen LogP contribution in [0.4, 0.5) is 0 Å². The second kappa shape index (κ2) is 8.05. The number of likely N-dealkylation sites (N-methyl/N-ethyl adjacent to an activating group) is 1. The van der Waals surface area contributed by atoms with Crippen molar-refractivity contribution < 1.29 is 8.42 Å². The zero-order chi connectivity index (χ0) is 18.7. The second-order valence-corrected chi connectivity index (χ2v) is 10.8. The largest absolute Gasteiger partial charge is 0.357 e. The SMILES string of the molecule is CCNC(=NCC(c1ccsc1)N(C)C)N1CCS(=O)(=O)C(C)(C)C1. The highest BCUT2D eigenvalue weighted by molar-refractivity contribution is 7.92. The van der Waals surface area contributed by atoms with Gasteiger partial charge in [0.15, 0.2) is 15.8 Å². The molecule has 0 spiro atoms. The molecule has 8 heteroatoms. The van der Waals surface area contributed by atoms with Crippen LogP contribution in [0.15, 0.2) is 21.8 Å². The maximum absolute atomic E-state index is 12.2.